The minimum Gasteiger partial charge on any atom is -0.494 e. The van der Waals surface area contributed by atoms with E-state index in [9.17, 15) is 9.59 Å². The topological polar surface area (TPSA) is 83.2 Å². The summed E-state index contributed by atoms with van der Waals surface area (Å²) in [5, 5.41) is 6.54. The number of carbonyl (C=O) groups is 2. The molecule has 6 heteroatoms. The van der Waals surface area contributed by atoms with E-state index in [0.717, 1.165) is 22.2 Å². The van der Waals surface area contributed by atoms with E-state index < -0.39 is 0 Å². The van der Waals surface area contributed by atoms with Crippen molar-refractivity contribution in [1.29, 1.82) is 0 Å². The molecular formula is C21H23N3O3. The molecule has 0 radical (unpaired) electrons. The molecule has 1 aromatic heterocycles. The fourth-order valence-corrected chi connectivity index (χ4v) is 2.75. The third kappa shape index (κ3) is 5.10. The second kappa shape index (κ2) is 8.89. The number of H-pyrrole nitrogens is 1. The normalized spacial score (nSPS) is 10.6. The smallest absolute Gasteiger partial charge is 0.267 e. The molecule has 27 heavy (non-hydrogen) atoms. The maximum Gasteiger partial charge on any atom is 0.267 e. The first-order valence-corrected chi connectivity index (χ1v) is 9.00. The van der Waals surface area contributed by atoms with Crippen LogP contribution in [-0.4, -0.2) is 29.9 Å². The molecule has 0 aliphatic heterocycles. The Bertz CT molecular complexity index is 919. The molecule has 3 N–H and O–H groups in total. The third-order valence-electron chi connectivity index (χ3n) is 4.12. The molecule has 0 fully saturated rings. The lowest BCUT2D eigenvalue weighted by molar-refractivity contribution is -0.121. The Labute approximate surface area is 157 Å². The van der Waals surface area contributed by atoms with Crippen LogP contribution in [0.2, 0.25) is 0 Å². The van der Waals surface area contributed by atoms with Crippen LogP contribution in [0.25, 0.3) is 10.9 Å². The van der Waals surface area contributed by atoms with Crippen LogP contribution >= 0.6 is 0 Å². The molecule has 6 nitrogen and oxygen atoms in total. The molecule has 2 aromatic carbocycles. The van der Waals surface area contributed by atoms with Crippen LogP contribution in [0.4, 0.5) is 0 Å². The van der Waals surface area contributed by atoms with Crippen LogP contribution in [0, 0.1) is 0 Å². The SMILES string of the molecule is CCOc1ccc2cc(C(=O)NCCC(=O)NCc3ccccc3)[nH]c2c1. The molecule has 1 heterocycles. The van der Waals surface area contributed by atoms with E-state index in [-0.39, 0.29) is 24.8 Å². The van der Waals surface area contributed by atoms with Gasteiger partial charge in [0.1, 0.15) is 11.4 Å². The second-order valence-corrected chi connectivity index (χ2v) is 6.13. The molecule has 140 valence electrons. The van der Waals surface area contributed by atoms with Gasteiger partial charge < -0.3 is 20.4 Å². The summed E-state index contributed by atoms with van der Waals surface area (Å²) in [4.78, 5) is 27.3. The summed E-state index contributed by atoms with van der Waals surface area (Å²) in [6.07, 6.45) is 0.229. The molecule has 0 atom stereocenters. The van der Waals surface area contributed by atoms with Crippen LogP contribution in [0.15, 0.2) is 54.6 Å². The minimum absolute atomic E-state index is 0.0999. The maximum absolute atomic E-state index is 12.3. The Morgan fingerprint density at radius 2 is 1.85 bits per heavy atom. The number of aromatic nitrogens is 1. The second-order valence-electron chi connectivity index (χ2n) is 6.13. The molecule has 0 aliphatic carbocycles. The van der Waals surface area contributed by atoms with E-state index in [1.54, 1.807) is 6.07 Å². The number of fused-ring (bicyclic) bond motifs is 1. The van der Waals surface area contributed by atoms with Gasteiger partial charge in [-0.2, -0.15) is 0 Å². The molecule has 0 bridgehead atoms. The van der Waals surface area contributed by atoms with Gasteiger partial charge in [0, 0.05) is 36.5 Å². The Morgan fingerprint density at radius 1 is 1.04 bits per heavy atom. The highest BCUT2D eigenvalue weighted by Gasteiger charge is 2.10. The van der Waals surface area contributed by atoms with Gasteiger partial charge in [0.15, 0.2) is 0 Å². The molecule has 0 saturated carbocycles. The number of amides is 2. The van der Waals surface area contributed by atoms with Crippen molar-refractivity contribution in [3.63, 3.8) is 0 Å². The molecule has 0 saturated heterocycles. The van der Waals surface area contributed by atoms with Gasteiger partial charge in [0.25, 0.3) is 5.91 Å². The maximum atomic E-state index is 12.3. The van der Waals surface area contributed by atoms with Crippen LogP contribution in [0.5, 0.6) is 5.75 Å². The predicted octanol–water partition coefficient (Wildman–Crippen LogP) is 3.00. The van der Waals surface area contributed by atoms with Gasteiger partial charge in [-0.3, -0.25) is 9.59 Å². The Hall–Kier alpha value is -3.28. The largest absolute Gasteiger partial charge is 0.494 e. The van der Waals surface area contributed by atoms with E-state index in [1.165, 1.54) is 0 Å². The van der Waals surface area contributed by atoms with Gasteiger partial charge in [-0.05, 0) is 30.7 Å². The standard InChI is InChI=1S/C21H23N3O3/c1-2-27-17-9-8-16-12-19(24-18(16)13-17)21(26)22-11-10-20(25)23-14-15-6-4-3-5-7-15/h3-9,12-13,24H,2,10-11,14H2,1H3,(H,22,26)(H,23,25). The fraction of sp³-hybridized carbons (Fsp3) is 0.238. The van der Waals surface area contributed by atoms with Crippen LogP contribution in [0.3, 0.4) is 0 Å². The Balaban J connectivity index is 1.47. The van der Waals surface area contributed by atoms with Crippen molar-refractivity contribution in [3.8, 4) is 5.75 Å². The Morgan fingerprint density at radius 3 is 2.63 bits per heavy atom. The van der Waals surface area contributed by atoms with Gasteiger partial charge in [-0.1, -0.05) is 30.3 Å². The van der Waals surface area contributed by atoms with Gasteiger partial charge >= 0.3 is 0 Å². The van der Waals surface area contributed by atoms with E-state index in [2.05, 4.69) is 15.6 Å². The average Bonchev–Trinajstić information content (AvgIpc) is 3.11. The van der Waals surface area contributed by atoms with Gasteiger partial charge in [-0.15, -0.1) is 0 Å². The first kappa shape index (κ1) is 18.5. The zero-order valence-electron chi connectivity index (χ0n) is 15.2. The van der Waals surface area contributed by atoms with Crippen LogP contribution < -0.4 is 15.4 Å². The van der Waals surface area contributed by atoms with Gasteiger partial charge in [0.05, 0.1) is 6.61 Å². The lowest BCUT2D eigenvalue weighted by Crippen LogP contribution is -2.30. The molecule has 3 aromatic rings. The third-order valence-corrected chi connectivity index (χ3v) is 4.12. The van der Waals surface area contributed by atoms with Crippen LogP contribution in [0.1, 0.15) is 29.4 Å². The number of nitrogens with one attached hydrogen (secondary N) is 3. The van der Waals surface area contributed by atoms with Gasteiger partial charge in [0.2, 0.25) is 5.91 Å². The summed E-state index contributed by atoms with van der Waals surface area (Å²) in [5.74, 6) is 0.422. The van der Waals surface area contributed by atoms with Gasteiger partial charge in [-0.25, -0.2) is 0 Å². The average molecular weight is 365 g/mol. The van der Waals surface area contributed by atoms with Crippen molar-refractivity contribution in [1.82, 2.24) is 15.6 Å². The van der Waals surface area contributed by atoms with Crippen LogP contribution in [-0.2, 0) is 11.3 Å². The summed E-state index contributed by atoms with van der Waals surface area (Å²) < 4.78 is 5.46. The van der Waals surface area contributed by atoms with E-state index in [4.69, 9.17) is 4.74 Å². The first-order chi connectivity index (χ1) is 13.2. The number of rotatable bonds is 8. The number of ether oxygens (including phenoxy) is 1. The minimum atomic E-state index is -0.236. The zero-order valence-corrected chi connectivity index (χ0v) is 15.2. The van der Waals surface area contributed by atoms with E-state index in [1.807, 2.05) is 55.5 Å². The number of hydrogen-bond acceptors (Lipinski definition) is 3. The van der Waals surface area contributed by atoms with Crippen molar-refractivity contribution in [2.24, 2.45) is 0 Å². The lowest BCUT2D eigenvalue weighted by Gasteiger charge is -2.06. The molecule has 0 unspecified atom stereocenters. The number of benzene rings is 2. The Kier molecular flexibility index (Phi) is 6.10. The van der Waals surface area contributed by atoms with Crippen molar-refractivity contribution in [2.45, 2.75) is 19.9 Å². The summed E-state index contributed by atoms with van der Waals surface area (Å²) in [6.45, 7) is 3.27. The number of hydrogen-bond donors (Lipinski definition) is 3. The zero-order chi connectivity index (χ0) is 19.1. The highest BCUT2D eigenvalue weighted by atomic mass is 16.5. The molecule has 3 rings (SSSR count). The highest BCUT2D eigenvalue weighted by Crippen LogP contribution is 2.21. The number of aromatic amines is 1. The van der Waals surface area contributed by atoms with Crippen molar-refractivity contribution < 1.29 is 14.3 Å². The predicted molar refractivity (Wildman–Crippen MR) is 105 cm³/mol. The number of carbonyl (C=O) groups excluding carboxylic acids is 2. The van der Waals surface area contributed by atoms with E-state index >= 15 is 0 Å². The van der Waals surface area contributed by atoms with Crippen molar-refractivity contribution in [3.05, 3.63) is 65.9 Å². The molecular weight excluding hydrogens is 342 g/mol. The van der Waals surface area contributed by atoms with Crippen molar-refractivity contribution in [2.75, 3.05) is 13.2 Å². The molecule has 0 aliphatic rings. The molecule has 0 spiro atoms. The summed E-state index contributed by atoms with van der Waals surface area (Å²) >= 11 is 0. The monoisotopic (exact) mass is 365 g/mol. The lowest BCUT2D eigenvalue weighted by atomic mass is 10.2. The quantitative estimate of drug-likeness (QED) is 0.574. The van der Waals surface area contributed by atoms with Crippen molar-refractivity contribution >= 4 is 22.7 Å². The summed E-state index contributed by atoms with van der Waals surface area (Å²) in [6, 6.07) is 17.1. The summed E-state index contributed by atoms with van der Waals surface area (Å²) in [7, 11) is 0. The molecule has 2 amide bonds. The first-order valence-electron chi connectivity index (χ1n) is 9.00. The fourth-order valence-electron chi connectivity index (χ4n) is 2.75. The summed E-state index contributed by atoms with van der Waals surface area (Å²) in [5.41, 5.74) is 2.34. The van der Waals surface area contributed by atoms with E-state index in [0.29, 0.717) is 18.8 Å². The highest BCUT2D eigenvalue weighted by molar-refractivity contribution is 5.98.